The number of rotatable bonds is 8. The maximum Gasteiger partial charge on any atom is 0.240 e. The third-order valence-corrected chi connectivity index (χ3v) is 6.07. The molecule has 0 bridgehead atoms. The summed E-state index contributed by atoms with van der Waals surface area (Å²) >= 11 is 0. The van der Waals surface area contributed by atoms with Gasteiger partial charge < -0.3 is 5.32 Å². The number of sulfonamides is 1. The quantitative estimate of drug-likeness (QED) is 0.569. The molecule has 150 valence electrons. The number of nitrogens with one attached hydrogen (secondary N) is 2. The highest BCUT2D eigenvalue weighted by Gasteiger charge is 2.27. The molecule has 4 rings (SSSR count). The highest BCUT2D eigenvalue weighted by molar-refractivity contribution is 7.89. The zero-order valence-corrected chi connectivity index (χ0v) is 16.3. The van der Waals surface area contributed by atoms with E-state index in [1.807, 2.05) is 24.3 Å². The van der Waals surface area contributed by atoms with E-state index in [2.05, 4.69) is 25.6 Å². The normalized spacial score (nSPS) is 13.9. The number of tetrazole rings is 1. The molecule has 0 radical (unpaired) electrons. The Kier molecular flexibility index (Phi) is 5.36. The van der Waals surface area contributed by atoms with E-state index in [-0.39, 0.29) is 23.3 Å². The van der Waals surface area contributed by atoms with Gasteiger partial charge in [0.05, 0.1) is 17.0 Å². The van der Waals surface area contributed by atoms with Crippen LogP contribution in [0.1, 0.15) is 24.0 Å². The molecule has 29 heavy (non-hydrogen) atoms. The lowest BCUT2D eigenvalue weighted by Gasteiger charge is -2.08. The second-order valence-corrected chi connectivity index (χ2v) is 8.63. The molecular weight excluding hydrogens is 392 g/mol. The Morgan fingerprint density at radius 2 is 1.72 bits per heavy atom. The lowest BCUT2D eigenvalue weighted by molar-refractivity contribution is -0.120. The first-order valence-corrected chi connectivity index (χ1v) is 10.7. The summed E-state index contributed by atoms with van der Waals surface area (Å²) in [5, 5.41) is 13.8. The maximum absolute atomic E-state index is 12.2. The van der Waals surface area contributed by atoms with Crippen LogP contribution in [0, 0.1) is 0 Å². The minimum Gasteiger partial charge on any atom is -0.352 e. The lowest BCUT2D eigenvalue weighted by Crippen LogP contribution is -2.26. The number of hydrogen-bond acceptors (Lipinski definition) is 6. The zero-order valence-electron chi connectivity index (χ0n) is 15.5. The summed E-state index contributed by atoms with van der Waals surface area (Å²) in [4.78, 5) is 12.4. The van der Waals surface area contributed by atoms with Crippen LogP contribution in [0.5, 0.6) is 0 Å². The fraction of sp³-hybridized carbons (Fsp3) is 0.263. The van der Waals surface area contributed by atoms with Gasteiger partial charge in [-0.1, -0.05) is 24.3 Å². The van der Waals surface area contributed by atoms with E-state index in [1.165, 1.54) is 11.0 Å². The van der Waals surface area contributed by atoms with Gasteiger partial charge in [-0.3, -0.25) is 4.79 Å². The highest BCUT2D eigenvalue weighted by atomic mass is 32.2. The Morgan fingerprint density at radius 1 is 1.03 bits per heavy atom. The summed E-state index contributed by atoms with van der Waals surface area (Å²) in [6, 6.07) is 14.0. The first-order chi connectivity index (χ1) is 14.0. The Bertz CT molecular complexity index is 1080. The summed E-state index contributed by atoms with van der Waals surface area (Å²) in [7, 11) is -3.46. The van der Waals surface area contributed by atoms with Gasteiger partial charge in [-0.2, -0.15) is 0 Å². The first-order valence-electron chi connectivity index (χ1n) is 9.20. The molecule has 0 saturated heterocycles. The third-order valence-electron chi connectivity index (χ3n) is 4.54. The van der Waals surface area contributed by atoms with Crippen molar-refractivity contribution in [3.05, 3.63) is 66.0 Å². The van der Waals surface area contributed by atoms with E-state index >= 15 is 0 Å². The van der Waals surface area contributed by atoms with Gasteiger partial charge >= 0.3 is 0 Å². The standard InChI is InChI=1S/C19H20N6O3S/c26-19(11-14-1-7-17(8-2-14)25-13-21-23-24-25)20-12-15-3-9-18(10-4-15)29(27,28)22-16-5-6-16/h1-4,7-10,13,16,22H,5-6,11-12H2,(H,20,26). The van der Waals surface area contributed by atoms with Gasteiger partial charge in [0.25, 0.3) is 0 Å². The van der Waals surface area contributed by atoms with Crippen LogP contribution in [0.3, 0.4) is 0 Å². The van der Waals surface area contributed by atoms with Gasteiger partial charge in [-0.25, -0.2) is 17.8 Å². The Labute approximate surface area is 168 Å². The maximum atomic E-state index is 12.2. The third kappa shape index (κ3) is 5.04. The van der Waals surface area contributed by atoms with E-state index in [0.29, 0.717) is 6.54 Å². The van der Waals surface area contributed by atoms with E-state index in [1.54, 1.807) is 24.3 Å². The Morgan fingerprint density at radius 3 is 2.34 bits per heavy atom. The van der Waals surface area contributed by atoms with Crippen molar-refractivity contribution in [3.8, 4) is 5.69 Å². The number of nitrogens with zero attached hydrogens (tertiary/aromatic N) is 4. The molecular formula is C19H20N6O3S. The van der Waals surface area contributed by atoms with Crippen LogP contribution in [0.4, 0.5) is 0 Å². The number of carbonyl (C=O) groups is 1. The molecule has 0 atom stereocenters. The molecule has 1 fully saturated rings. The Hall–Kier alpha value is -3.11. The van der Waals surface area contributed by atoms with Crippen molar-refractivity contribution in [1.29, 1.82) is 0 Å². The van der Waals surface area contributed by atoms with Crippen LogP contribution in [0.25, 0.3) is 5.69 Å². The minimum absolute atomic E-state index is 0.0703. The molecule has 1 heterocycles. The predicted octanol–water partition coefficient (Wildman–Crippen LogP) is 0.962. The van der Waals surface area contributed by atoms with Crippen LogP contribution in [-0.2, 0) is 27.8 Å². The lowest BCUT2D eigenvalue weighted by atomic mass is 10.1. The number of aromatic nitrogens is 4. The van der Waals surface area contributed by atoms with E-state index in [4.69, 9.17) is 0 Å². The minimum atomic E-state index is -3.46. The van der Waals surface area contributed by atoms with Gasteiger partial charge in [0.15, 0.2) is 0 Å². The topological polar surface area (TPSA) is 119 Å². The predicted molar refractivity (Wildman–Crippen MR) is 104 cm³/mol. The smallest absolute Gasteiger partial charge is 0.240 e. The monoisotopic (exact) mass is 412 g/mol. The Balaban J connectivity index is 1.29. The number of benzene rings is 2. The second kappa shape index (κ2) is 8.10. The summed E-state index contributed by atoms with van der Waals surface area (Å²) in [6.45, 7) is 0.331. The number of carbonyl (C=O) groups excluding carboxylic acids is 1. The zero-order chi connectivity index (χ0) is 20.3. The molecule has 2 N–H and O–H groups in total. The van der Waals surface area contributed by atoms with Crippen molar-refractivity contribution in [3.63, 3.8) is 0 Å². The van der Waals surface area contributed by atoms with Gasteiger partial charge in [-0.05, 0) is 58.7 Å². The fourth-order valence-electron chi connectivity index (χ4n) is 2.77. The molecule has 0 aliphatic heterocycles. The highest BCUT2D eigenvalue weighted by Crippen LogP contribution is 2.22. The summed E-state index contributed by atoms with van der Waals surface area (Å²) in [6.07, 6.45) is 3.53. The van der Waals surface area contributed by atoms with Gasteiger partial charge in [-0.15, -0.1) is 5.10 Å². The molecule has 1 amide bonds. The van der Waals surface area contributed by atoms with Gasteiger partial charge in [0.2, 0.25) is 15.9 Å². The SMILES string of the molecule is O=C(Cc1ccc(-n2cnnn2)cc1)NCc1ccc(S(=O)(=O)NC2CC2)cc1. The summed E-state index contributed by atoms with van der Waals surface area (Å²) in [5.41, 5.74) is 2.51. The van der Waals surface area contributed by atoms with Crippen LogP contribution < -0.4 is 10.0 Å². The van der Waals surface area contributed by atoms with E-state index in [0.717, 1.165) is 29.7 Å². The van der Waals surface area contributed by atoms with Crippen molar-refractivity contribution in [1.82, 2.24) is 30.2 Å². The van der Waals surface area contributed by atoms with Crippen molar-refractivity contribution >= 4 is 15.9 Å². The summed E-state index contributed by atoms with van der Waals surface area (Å²) < 4.78 is 28.5. The van der Waals surface area contributed by atoms with Crippen LogP contribution in [0.15, 0.2) is 59.8 Å². The van der Waals surface area contributed by atoms with E-state index < -0.39 is 10.0 Å². The molecule has 10 heteroatoms. The fourth-order valence-corrected chi connectivity index (χ4v) is 4.07. The van der Waals surface area contributed by atoms with Crippen molar-refractivity contribution in [2.75, 3.05) is 0 Å². The molecule has 1 saturated carbocycles. The molecule has 0 spiro atoms. The van der Waals surface area contributed by atoms with Crippen LogP contribution >= 0.6 is 0 Å². The molecule has 1 aromatic heterocycles. The van der Waals surface area contributed by atoms with Crippen molar-refractivity contribution < 1.29 is 13.2 Å². The van der Waals surface area contributed by atoms with Gasteiger partial charge in [0.1, 0.15) is 6.33 Å². The largest absolute Gasteiger partial charge is 0.352 e. The van der Waals surface area contributed by atoms with E-state index in [9.17, 15) is 13.2 Å². The molecule has 1 aliphatic rings. The first kappa shape index (κ1) is 19.2. The average molecular weight is 412 g/mol. The molecule has 1 aliphatic carbocycles. The second-order valence-electron chi connectivity index (χ2n) is 6.91. The van der Waals surface area contributed by atoms with Crippen LogP contribution in [0.2, 0.25) is 0 Å². The summed E-state index contributed by atoms with van der Waals surface area (Å²) in [5.74, 6) is -0.118. The van der Waals surface area contributed by atoms with Crippen molar-refractivity contribution in [2.45, 2.75) is 36.7 Å². The molecule has 9 nitrogen and oxygen atoms in total. The number of amides is 1. The van der Waals surface area contributed by atoms with Crippen LogP contribution in [-0.4, -0.2) is 40.6 Å². The van der Waals surface area contributed by atoms with Gasteiger partial charge in [0, 0.05) is 12.6 Å². The molecule has 0 unspecified atom stereocenters. The number of hydrogen-bond donors (Lipinski definition) is 2. The average Bonchev–Trinajstić information content (AvgIpc) is 3.34. The molecule has 3 aromatic rings. The van der Waals surface area contributed by atoms with Crippen molar-refractivity contribution in [2.24, 2.45) is 0 Å². The molecule has 2 aromatic carbocycles.